The highest BCUT2D eigenvalue weighted by molar-refractivity contribution is 5.97. The van der Waals surface area contributed by atoms with Gasteiger partial charge in [0, 0.05) is 37.2 Å². The number of carboxylic acid groups (broad SMARTS) is 1. The first-order valence-corrected chi connectivity index (χ1v) is 8.47. The fraction of sp³-hybridized carbons (Fsp3) is 0.500. The first-order chi connectivity index (χ1) is 11.6. The van der Waals surface area contributed by atoms with E-state index in [1.54, 1.807) is 24.3 Å². The van der Waals surface area contributed by atoms with Gasteiger partial charge in [0.1, 0.15) is 0 Å². The third-order valence-electron chi connectivity index (χ3n) is 4.08. The number of anilines is 1. The summed E-state index contributed by atoms with van der Waals surface area (Å²) in [4.78, 5) is 36.6. The normalized spacial score (nSPS) is 14.2. The Balaban J connectivity index is 1.86. The minimum atomic E-state index is -0.848. The van der Waals surface area contributed by atoms with Gasteiger partial charge in [-0.2, -0.15) is 0 Å². The molecule has 6 nitrogen and oxygen atoms in total. The van der Waals surface area contributed by atoms with Gasteiger partial charge < -0.3 is 15.3 Å². The summed E-state index contributed by atoms with van der Waals surface area (Å²) in [6.45, 7) is 1.58. The minimum Gasteiger partial charge on any atom is -0.481 e. The molecule has 0 saturated carbocycles. The summed E-state index contributed by atoms with van der Waals surface area (Å²) in [5.74, 6) is -1.01. The number of hydrogen-bond acceptors (Lipinski definition) is 3. The molecule has 0 spiro atoms. The lowest BCUT2D eigenvalue weighted by molar-refractivity contribution is -0.137. The summed E-state index contributed by atoms with van der Waals surface area (Å²) >= 11 is 0. The van der Waals surface area contributed by atoms with Crippen LogP contribution in [0.15, 0.2) is 24.3 Å². The lowest BCUT2D eigenvalue weighted by Gasteiger charge is -2.26. The molecule has 1 aliphatic heterocycles. The van der Waals surface area contributed by atoms with Crippen LogP contribution < -0.4 is 5.32 Å². The van der Waals surface area contributed by atoms with Gasteiger partial charge in [0.15, 0.2) is 0 Å². The quantitative estimate of drug-likeness (QED) is 0.752. The van der Waals surface area contributed by atoms with Crippen molar-refractivity contribution in [2.45, 2.75) is 44.9 Å². The Kier molecular flexibility index (Phi) is 6.78. The molecule has 1 heterocycles. The van der Waals surface area contributed by atoms with E-state index in [1.807, 2.05) is 4.90 Å². The second kappa shape index (κ2) is 9.05. The van der Waals surface area contributed by atoms with Crippen molar-refractivity contribution in [2.24, 2.45) is 0 Å². The van der Waals surface area contributed by atoms with Gasteiger partial charge in [0.2, 0.25) is 5.91 Å². The van der Waals surface area contributed by atoms with Gasteiger partial charge in [0.25, 0.3) is 5.91 Å². The molecule has 6 heteroatoms. The minimum absolute atomic E-state index is 0.00672. The molecule has 1 aromatic carbocycles. The van der Waals surface area contributed by atoms with Crippen LogP contribution in [0.1, 0.15) is 55.3 Å². The number of piperidine rings is 1. The number of carbonyl (C=O) groups is 3. The maximum absolute atomic E-state index is 12.5. The fourth-order valence-electron chi connectivity index (χ4n) is 2.79. The molecule has 2 amide bonds. The molecule has 1 saturated heterocycles. The van der Waals surface area contributed by atoms with Crippen LogP contribution in [0.25, 0.3) is 0 Å². The van der Waals surface area contributed by atoms with Crippen LogP contribution in [0.4, 0.5) is 5.69 Å². The third kappa shape index (κ3) is 5.68. The number of hydrogen-bond donors (Lipinski definition) is 2. The van der Waals surface area contributed by atoms with E-state index >= 15 is 0 Å². The summed E-state index contributed by atoms with van der Waals surface area (Å²) in [6.07, 6.45) is 4.62. The van der Waals surface area contributed by atoms with Crippen LogP contribution in [0.3, 0.4) is 0 Å². The average Bonchev–Trinajstić information content (AvgIpc) is 2.59. The van der Waals surface area contributed by atoms with Gasteiger partial charge >= 0.3 is 5.97 Å². The van der Waals surface area contributed by atoms with Crippen LogP contribution in [0, 0.1) is 0 Å². The van der Waals surface area contributed by atoms with Crippen molar-refractivity contribution in [1.29, 1.82) is 0 Å². The number of likely N-dealkylation sites (tertiary alicyclic amines) is 1. The highest BCUT2D eigenvalue weighted by atomic mass is 16.4. The number of unbranched alkanes of at least 4 members (excludes halogenated alkanes) is 1. The van der Waals surface area contributed by atoms with E-state index in [-0.39, 0.29) is 24.7 Å². The van der Waals surface area contributed by atoms with Gasteiger partial charge in [-0.3, -0.25) is 14.4 Å². The van der Waals surface area contributed by atoms with Crippen LogP contribution in [0.2, 0.25) is 0 Å². The van der Waals surface area contributed by atoms with Crippen LogP contribution in [-0.4, -0.2) is 40.9 Å². The molecule has 0 aromatic heterocycles. The zero-order chi connectivity index (χ0) is 17.4. The number of rotatable bonds is 7. The molecular formula is C18H24N2O4. The Hall–Kier alpha value is -2.37. The lowest BCUT2D eigenvalue weighted by atomic mass is 10.1. The summed E-state index contributed by atoms with van der Waals surface area (Å²) in [6, 6.07) is 6.98. The molecule has 1 aromatic rings. The topological polar surface area (TPSA) is 86.7 Å². The van der Waals surface area contributed by atoms with Crippen molar-refractivity contribution in [3.63, 3.8) is 0 Å². The van der Waals surface area contributed by atoms with Gasteiger partial charge in [-0.15, -0.1) is 0 Å². The number of aliphatic carboxylic acids is 1. The molecule has 0 unspecified atom stereocenters. The summed E-state index contributed by atoms with van der Waals surface area (Å²) in [7, 11) is 0. The largest absolute Gasteiger partial charge is 0.481 e. The van der Waals surface area contributed by atoms with E-state index in [9.17, 15) is 14.4 Å². The molecule has 24 heavy (non-hydrogen) atoms. The number of nitrogens with zero attached hydrogens (tertiary/aromatic N) is 1. The second-order valence-electron chi connectivity index (χ2n) is 6.08. The summed E-state index contributed by atoms with van der Waals surface area (Å²) in [5.41, 5.74) is 1.18. The van der Waals surface area contributed by atoms with Crippen molar-refractivity contribution in [1.82, 2.24) is 4.90 Å². The Bertz CT molecular complexity index is 594. The van der Waals surface area contributed by atoms with E-state index in [4.69, 9.17) is 5.11 Å². The van der Waals surface area contributed by atoms with E-state index in [0.717, 1.165) is 25.9 Å². The highest BCUT2D eigenvalue weighted by Gasteiger charge is 2.18. The number of benzene rings is 1. The van der Waals surface area contributed by atoms with Gasteiger partial charge in [0.05, 0.1) is 0 Å². The van der Waals surface area contributed by atoms with E-state index in [0.29, 0.717) is 24.1 Å². The van der Waals surface area contributed by atoms with Crippen molar-refractivity contribution in [3.05, 3.63) is 29.8 Å². The second-order valence-corrected chi connectivity index (χ2v) is 6.08. The Morgan fingerprint density at radius 2 is 1.75 bits per heavy atom. The number of nitrogens with one attached hydrogen (secondary N) is 1. The van der Waals surface area contributed by atoms with Crippen molar-refractivity contribution in [3.8, 4) is 0 Å². The van der Waals surface area contributed by atoms with E-state index < -0.39 is 5.97 Å². The number of carboxylic acids is 1. The molecule has 2 N–H and O–H groups in total. The molecule has 130 valence electrons. The SMILES string of the molecule is O=C(O)CCCCC(=O)Nc1cccc(C(=O)N2CCCCC2)c1. The predicted octanol–water partition coefficient (Wildman–Crippen LogP) is 2.90. The van der Waals surface area contributed by atoms with Gasteiger partial charge in [-0.05, 0) is 50.3 Å². The molecule has 2 rings (SSSR count). The number of carbonyl (C=O) groups excluding carboxylic acids is 2. The highest BCUT2D eigenvalue weighted by Crippen LogP contribution is 2.17. The maximum Gasteiger partial charge on any atom is 0.303 e. The summed E-state index contributed by atoms with van der Waals surface area (Å²) < 4.78 is 0. The van der Waals surface area contributed by atoms with Crippen molar-refractivity contribution in [2.75, 3.05) is 18.4 Å². The fourth-order valence-corrected chi connectivity index (χ4v) is 2.79. The average molecular weight is 332 g/mol. The van der Waals surface area contributed by atoms with Gasteiger partial charge in [-0.25, -0.2) is 0 Å². The molecule has 0 bridgehead atoms. The van der Waals surface area contributed by atoms with Gasteiger partial charge in [-0.1, -0.05) is 6.07 Å². The Labute approximate surface area is 141 Å². The molecule has 0 atom stereocenters. The standard InChI is InChI=1S/C18H24N2O4/c21-16(9-2-3-10-17(22)23)19-15-8-6-7-14(13-15)18(24)20-11-4-1-5-12-20/h6-8,13H,1-5,9-12H2,(H,19,21)(H,22,23). The van der Waals surface area contributed by atoms with Crippen molar-refractivity contribution < 1.29 is 19.5 Å². The van der Waals surface area contributed by atoms with Crippen molar-refractivity contribution >= 4 is 23.5 Å². The Morgan fingerprint density at radius 1 is 1.04 bits per heavy atom. The smallest absolute Gasteiger partial charge is 0.303 e. The zero-order valence-electron chi connectivity index (χ0n) is 13.8. The zero-order valence-corrected chi connectivity index (χ0v) is 13.8. The molecule has 1 fully saturated rings. The van der Waals surface area contributed by atoms with Crippen LogP contribution in [0.5, 0.6) is 0 Å². The monoisotopic (exact) mass is 332 g/mol. The number of amides is 2. The molecular weight excluding hydrogens is 308 g/mol. The first kappa shape index (κ1) is 18.0. The van der Waals surface area contributed by atoms with E-state index in [2.05, 4.69) is 5.32 Å². The maximum atomic E-state index is 12.5. The lowest BCUT2D eigenvalue weighted by Crippen LogP contribution is -2.35. The van der Waals surface area contributed by atoms with Crippen LogP contribution in [-0.2, 0) is 9.59 Å². The third-order valence-corrected chi connectivity index (χ3v) is 4.08. The molecule has 0 radical (unpaired) electrons. The summed E-state index contributed by atoms with van der Waals surface area (Å²) in [5, 5.41) is 11.3. The van der Waals surface area contributed by atoms with E-state index in [1.165, 1.54) is 6.42 Å². The predicted molar refractivity (Wildman–Crippen MR) is 90.9 cm³/mol. The van der Waals surface area contributed by atoms with Crippen LogP contribution >= 0.6 is 0 Å². The molecule has 0 aliphatic carbocycles. The first-order valence-electron chi connectivity index (χ1n) is 8.47. The Morgan fingerprint density at radius 3 is 2.46 bits per heavy atom. The molecule has 1 aliphatic rings.